The van der Waals surface area contributed by atoms with Crippen LogP contribution in [0.5, 0.6) is 0 Å². The molecule has 3 heteroatoms. The average molecular weight is 243 g/mol. The van der Waals surface area contributed by atoms with Crippen LogP contribution in [0.1, 0.15) is 36.7 Å². The van der Waals surface area contributed by atoms with Gasteiger partial charge in [0.1, 0.15) is 0 Å². The molecule has 0 aliphatic carbocycles. The largest absolute Gasteiger partial charge is 0.379 e. The maximum absolute atomic E-state index is 4.35. The number of benzene rings is 1. The number of aromatic nitrogens is 2. The van der Waals surface area contributed by atoms with Crippen LogP contribution in [0.15, 0.2) is 30.3 Å². The maximum atomic E-state index is 4.35. The molecule has 1 aromatic heterocycles. The number of hydrogen-bond donors (Lipinski definition) is 1. The molecule has 0 aliphatic heterocycles. The molecule has 0 amide bonds. The van der Waals surface area contributed by atoms with Crippen molar-refractivity contribution in [3.8, 4) is 0 Å². The van der Waals surface area contributed by atoms with Gasteiger partial charge in [-0.2, -0.15) is 5.10 Å². The van der Waals surface area contributed by atoms with E-state index in [0.717, 1.165) is 12.2 Å². The van der Waals surface area contributed by atoms with E-state index in [2.05, 4.69) is 54.6 Å². The lowest BCUT2D eigenvalue weighted by atomic mass is 10.0. The summed E-state index contributed by atoms with van der Waals surface area (Å²) in [5.41, 5.74) is 4.79. The summed E-state index contributed by atoms with van der Waals surface area (Å²) in [6, 6.07) is 10.7. The molecular formula is C15H21N3. The minimum atomic E-state index is 0.561. The van der Waals surface area contributed by atoms with Gasteiger partial charge in [0, 0.05) is 12.7 Å². The van der Waals surface area contributed by atoms with Gasteiger partial charge in [-0.15, -0.1) is 0 Å². The van der Waals surface area contributed by atoms with E-state index in [1.165, 1.54) is 16.9 Å². The fourth-order valence-electron chi connectivity index (χ4n) is 2.03. The lowest BCUT2D eigenvalue weighted by Crippen LogP contribution is -2.05. The van der Waals surface area contributed by atoms with Crippen LogP contribution in [-0.2, 0) is 13.6 Å². The van der Waals surface area contributed by atoms with Crippen molar-refractivity contribution in [2.75, 3.05) is 5.32 Å². The second kappa shape index (κ2) is 5.25. The zero-order valence-corrected chi connectivity index (χ0v) is 11.6. The van der Waals surface area contributed by atoms with Crippen molar-refractivity contribution >= 4 is 5.69 Å². The first-order valence-electron chi connectivity index (χ1n) is 6.39. The summed E-state index contributed by atoms with van der Waals surface area (Å²) in [5, 5.41) is 7.80. The molecule has 0 aliphatic rings. The second-order valence-corrected chi connectivity index (χ2v) is 5.03. The van der Waals surface area contributed by atoms with E-state index in [1.807, 2.05) is 18.7 Å². The molecule has 18 heavy (non-hydrogen) atoms. The first-order valence-corrected chi connectivity index (χ1v) is 6.39. The van der Waals surface area contributed by atoms with E-state index in [0.29, 0.717) is 5.92 Å². The molecule has 2 rings (SSSR count). The van der Waals surface area contributed by atoms with E-state index in [4.69, 9.17) is 0 Å². The maximum Gasteiger partial charge on any atom is 0.0597 e. The van der Waals surface area contributed by atoms with Crippen molar-refractivity contribution in [2.24, 2.45) is 7.05 Å². The van der Waals surface area contributed by atoms with Gasteiger partial charge in [0.05, 0.1) is 17.9 Å². The molecule has 0 unspecified atom stereocenters. The van der Waals surface area contributed by atoms with Crippen LogP contribution < -0.4 is 5.32 Å². The predicted molar refractivity (Wildman–Crippen MR) is 75.8 cm³/mol. The normalized spacial score (nSPS) is 10.9. The summed E-state index contributed by atoms with van der Waals surface area (Å²) < 4.78 is 1.93. The van der Waals surface area contributed by atoms with Crippen LogP contribution in [0.3, 0.4) is 0 Å². The summed E-state index contributed by atoms with van der Waals surface area (Å²) in [6.07, 6.45) is 0. The zero-order chi connectivity index (χ0) is 13.1. The Morgan fingerprint density at radius 3 is 2.67 bits per heavy atom. The van der Waals surface area contributed by atoms with E-state index >= 15 is 0 Å². The Labute approximate surface area is 109 Å². The fourth-order valence-corrected chi connectivity index (χ4v) is 2.03. The molecule has 1 heterocycles. The molecule has 2 aromatic rings. The molecule has 1 aromatic carbocycles. The highest BCUT2D eigenvalue weighted by atomic mass is 15.3. The average Bonchev–Trinajstić information content (AvgIpc) is 2.65. The van der Waals surface area contributed by atoms with Gasteiger partial charge < -0.3 is 5.32 Å². The van der Waals surface area contributed by atoms with Crippen molar-refractivity contribution in [2.45, 2.75) is 33.2 Å². The van der Waals surface area contributed by atoms with Crippen molar-refractivity contribution < 1.29 is 0 Å². The van der Waals surface area contributed by atoms with Crippen molar-refractivity contribution in [3.05, 3.63) is 47.3 Å². The number of hydrogen-bond acceptors (Lipinski definition) is 2. The highest BCUT2D eigenvalue weighted by Gasteiger charge is 2.03. The summed E-state index contributed by atoms with van der Waals surface area (Å²) in [6.45, 7) is 7.24. The molecular weight excluding hydrogens is 222 g/mol. The van der Waals surface area contributed by atoms with Gasteiger partial charge in [0.15, 0.2) is 0 Å². The summed E-state index contributed by atoms with van der Waals surface area (Å²) in [7, 11) is 1.98. The van der Waals surface area contributed by atoms with Crippen molar-refractivity contribution in [1.82, 2.24) is 9.78 Å². The Morgan fingerprint density at radius 2 is 2.06 bits per heavy atom. The fraction of sp³-hybridized carbons (Fsp3) is 0.400. The van der Waals surface area contributed by atoms with Crippen molar-refractivity contribution in [1.29, 1.82) is 0 Å². The van der Waals surface area contributed by atoms with Gasteiger partial charge in [-0.05, 0) is 36.6 Å². The minimum Gasteiger partial charge on any atom is -0.379 e. The molecule has 0 saturated carbocycles. The molecule has 0 bridgehead atoms. The molecule has 1 N–H and O–H groups in total. The van der Waals surface area contributed by atoms with Crippen LogP contribution in [0, 0.1) is 6.92 Å². The van der Waals surface area contributed by atoms with Crippen LogP contribution >= 0.6 is 0 Å². The smallest absolute Gasteiger partial charge is 0.0597 e. The molecule has 96 valence electrons. The Morgan fingerprint density at radius 1 is 1.28 bits per heavy atom. The van der Waals surface area contributed by atoms with Crippen LogP contribution in [0.2, 0.25) is 0 Å². The summed E-state index contributed by atoms with van der Waals surface area (Å²) in [4.78, 5) is 0. The van der Waals surface area contributed by atoms with Gasteiger partial charge in [-0.3, -0.25) is 4.68 Å². The highest BCUT2D eigenvalue weighted by molar-refractivity contribution is 5.46. The van der Waals surface area contributed by atoms with Crippen LogP contribution in [0.25, 0.3) is 0 Å². The number of anilines is 1. The lowest BCUT2D eigenvalue weighted by Gasteiger charge is -2.10. The van der Waals surface area contributed by atoms with E-state index in [9.17, 15) is 0 Å². The number of nitrogens with one attached hydrogen (secondary N) is 1. The van der Waals surface area contributed by atoms with E-state index < -0.39 is 0 Å². The van der Waals surface area contributed by atoms with Crippen LogP contribution in [-0.4, -0.2) is 9.78 Å². The summed E-state index contributed by atoms with van der Waals surface area (Å²) >= 11 is 0. The van der Waals surface area contributed by atoms with Gasteiger partial charge in [-0.1, -0.05) is 26.0 Å². The molecule has 0 saturated heterocycles. The Bertz CT molecular complexity index is 526. The van der Waals surface area contributed by atoms with Crippen LogP contribution in [0.4, 0.5) is 5.69 Å². The highest BCUT2D eigenvalue weighted by Crippen LogP contribution is 2.19. The minimum absolute atomic E-state index is 0.561. The van der Waals surface area contributed by atoms with Gasteiger partial charge in [-0.25, -0.2) is 0 Å². The molecule has 0 spiro atoms. The van der Waals surface area contributed by atoms with Crippen molar-refractivity contribution in [3.63, 3.8) is 0 Å². The van der Waals surface area contributed by atoms with Gasteiger partial charge in [0.25, 0.3) is 0 Å². The second-order valence-electron chi connectivity index (χ2n) is 5.03. The summed E-state index contributed by atoms with van der Waals surface area (Å²) in [5.74, 6) is 0.561. The number of aryl methyl sites for hydroxylation is 2. The Kier molecular flexibility index (Phi) is 3.70. The lowest BCUT2D eigenvalue weighted by molar-refractivity contribution is 0.713. The Balaban J connectivity index is 2.06. The molecule has 3 nitrogen and oxygen atoms in total. The first-order chi connectivity index (χ1) is 8.56. The molecule has 0 atom stereocenters. The third-order valence-corrected chi connectivity index (χ3v) is 3.13. The first kappa shape index (κ1) is 12.7. The predicted octanol–water partition coefficient (Wildman–Crippen LogP) is 3.46. The van der Waals surface area contributed by atoms with Gasteiger partial charge >= 0.3 is 0 Å². The third-order valence-electron chi connectivity index (χ3n) is 3.13. The molecule has 0 fully saturated rings. The zero-order valence-electron chi connectivity index (χ0n) is 11.6. The van der Waals surface area contributed by atoms with Gasteiger partial charge in [0.2, 0.25) is 0 Å². The molecule has 0 radical (unpaired) electrons. The third kappa shape index (κ3) is 2.92. The monoisotopic (exact) mass is 243 g/mol. The standard InChI is InChI=1S/C15H21N3/c1-11(2)13-6-5-7-14(9-13)16-10-15-8-12(3)17-18(15)4/h5-9,11,16H,10H2,1-4H3. The van der Waals surface area contributed by atoms with E-state index in [-0.39, 0.29) is 0 Å². The topological polar surface area (TPSA) is 29.9 Å². The Hall–Kier alpha value is -1.77. The number of rotatable bonds is 4. The SMILES string of the molecule is Cc1cc(CNc2cccc(C(C)C)c2)n(C)n1. The number of nitrogens with zero attached hydrogens (tertiary/aromatic N) is 2. The quantitative estimate of drug-likeness (QED) is 0.891. The van der Waals surface area contributed by atoms with E-state index in [1.54, 1.807) is 0 Å².